The number of anilines is 2. The Balaban J connectivity index is 2.25. The number of hydrogen-bond acceptors (Lipinski definition) is 5. The van der Waals surface area contributed by atoms with Gasteiger partial charge in [0.05, 0.1) is 0 Å². The molecule has 2 heterocycles. The van der Waals surface area contributed by atoms with Crippen molar-refractivity contribution in [2.75, 3.05) is 50.5 Å². The first-order chi connectivity index (χ1) is 8.26. The number of hydrogen-bond donors (Lipinski definition) is 1. The molecule has 0 atom stereocenters. The molecule has 1 N–H and O–H groups in total. The highest BCUT2D eigenvalue weighted by molar-refractivity contribution is 5.58. The van der Waals surface area contributed by atoms with Gasteiger partial charge in [-0.05, 0) is 13.5 Å². The molecule has 1 aliphatic rings. The monoisotopic (exact) mass is 235 g/mol. The molecule has 1 aromatic rings. The molecule has 0 bridgehead atoms. The zero-order chi connectivity index (χ0) is 12.3. The maximum Gasteiger partial charge on any atom is 0.137 e. The topological polar surface area (TPSA) is 44.3 Å². The second-order valence-electron chi connectivity index (χ2n) is 4.42. The van der Waals surface area contributed by atoms with Crippen LogP contribution >= 0.6 is 0 Å². The van der Waals surface area contributed by atoms with Crippen LogP contribution in [0.4, 0.5) is 11.6 Å². The highest BCUT2D eigenvalue weighted by Gasteiger charge is 2.19. The summed E-state index contributed by atoms with van der Waals surface area (Å²) in [7, 11) is 4.08. The van der Waals surface area contributed by atoms with Crippen LogP contribution in [0.15, 0.2) is 6.33 Å². The van der Waals surface area contributed by atoms with Crippen LogP contribution in [0.3, 0.4) is 0 Å². The average molecular weight is 235 g/mol. The van der Waals surface area contributed by atoms with Gasteiger partial charge in [-0.2, -0.15) is 0 Å². The van der Waals surface area contributed by atoms with E-state index in [0.29, 0.717) is 0 Å². The summed E-state index contributed by atoms with van der Waals surface area (Å²) in [5, 5.41) is 3.15. The molecule has 94 valence electrons. The molecule has 0 radical (unpaired) electrons. The van der Waals surface area contributed by atoms with Crippen molar-refractivity contribution in [2.45, 2.75) is 13.3 Å². The SMILES string of the molecule is CCc1c(NC)ncnc1N1CCN(C)CC1. The van der Waals surface area contributed by atoms with Crippen molar-refractivity contribution < 1.29 is 0 Å². The number of rotatable bonds is 3. The summed E-state index contributed by atoms with van der Waals surface area (Å²) in [5.74, 6) is 2.05. The van der Waals surface area contributed by atoms with E-state index in [4.69, 9.17) is 0 Å². The largest absolute Gasteiger partial charge is 0.373 e. The van der Waals surface area contributed by atoms with Crippen molar-refractivity contribution in [3.63, 3.8) is 0 Å². The first-order valence-corrected chi connectivity index (χ1v) is 6.21. The molecule has 1 aliphatic heterocycles. The lowest BCUT2D eigenvalue weighted by Gasteiger charge is -2.34. The first-order valence-electron chi connectivity index (χ1n) is 6.21. The lowest BCUT2D eigenvalue weighted by Crippen LogP contribution is -2.45. The number of nitrogens with zero attached hydrogens (tertiary/aromatic N) is 4. The lowest BCUT2D eigenvalue weighted by molar-refractivity contribution is 0.312. The van der Waals surface area contributed by atoms with E-state index < -0.39 is 0 Å². The molecule has 0 unspecified atom stereocenters. The van der Waals surface area contributed by atoms with E-state index in [-0.39, 0.29) is 0 Å². The first kappa shape index (κ1) is 12.1. The van der Waals surface area contributed by atoms with Crippen molar-refractivity contribution in [1.29, 1.82) is 0 Å². The van der Waals surface area contributed by atoms with Crippen LogP contribution in [-0.2, 0) is 6.42 Å². The molecule has 1 fully saturated rings. The van der Waals surface area contributed by atoms with Gasteiger partial charge >= 0.3 is 0 Å². The Labute approximate surface area is 103 Å². The van der Waals surface area contributed by atoms with Crippen LogP contribution in [0.1, 0.15) is 12.5 Å². The average Bonchev–Trinajstić information content (AvgIpc) is 2.38. The normalized spacial score (nSPS) is 17.2. The van der Waals surface area contributed by atoms with Gasteiger partial charge < -0.3 is 15.1 Å². The van der Waals surface area contributed by atoms with Gasteiger partial charge in [0, 0.05) is 38.8 Å². The Hall–Kier alpha value is -1.36. The van der Waals surface area contributed by atoms with Crippen LogP contribution in [0.2, 0.25) is 0 Å². The maximum atomic E-state index is 4.46. The summed E-state index contributed by atoms with van der Waals surface area (Å²) >= 11 is 0. The van der Waals surface area contributed by atoms with Crippen LogP contribution < -0.4 is 10.2 Å². The van der Waals surface area contributed by atoms with Crippen LogP contribution in [0, 0.1) is 0 Å². The third kappa shape index (κ3) is 2.49. The predicted molar refractivity (Wildman–Crippen MR) is 70.7 cm³/mol. The maximum absolute atomic E-state index is 4.46. The van der Waals surface area contributed by atoms with Gasteiger partial charge in [0.2, 0.25) is 0 Å². The van der Waals surface area contributed by atoms with Gasteiger partial charge in [-0.1, -0.05) is 6.92 Å². The fraction of sp³-hybridized carbons (Fsp3) is 0.667. The molecule has 1 aromatic heterocycles. The third-order valence-electron chi connectivity index (χ3n) is 3.32. The van der Waals surface area contributed by atoms with E-state index in [1.54, 1.807) is 6.33 Å². The third-order valence-corrected chi connectivity index (χ3v) is 3.32. The van der Waals surface area contributed by atoms with Crippen LogP contribution in [-0.4, -0.2) is 55.1 Å². The Morgan fingerprint density at radius 1 is 1.24 bits per heavy atom. The Bertz CT molecular complexity index is 371. The number of piperazine rings is 1. The van der Waals surface area contributed by atoms with Crippen LogP contribution in [0.25, 0.3) is 0 Å². The smallest absolute Gasteiger partial charge is 0.137 e. The highest BCUT2D eigenvalue weighted by Crippen LogP contribution is 2.24. The predicted octanol–water partition coefficient (Wildman–Crippen LogP) is 0.832. The highest BCUT2D eigenvalue weighted by atomic mass is 15.3. The van der Waals surface area contributed by atoms with Gasteiger partial charge in [-0.25, -0.2) is 9.97 Å². The minimum Gasteiger partial charge on any atom is -0.373 e. The van der Waals surface area contributed by atoms with Gasteiger partial charge in [0.25, 0.3) is 0 Å². The van der Waals surface area contributed by atoms with Gasteiger partial charge in [-0.15, -0.1) is 0 Å². The molecule has 0 aliphatic carbocycles. The van der Waals surface area contributed by atoms with Gasteiger partial charge in [-0.3, -0.25) is 0 Å². The zero-order valence-electron chi connectivity index (χ0n) is 10.9. The summed E-state index contributed by atoms with van der Waals surface area (Å²) in [6, 6.07) is 0. The second-order valence-corrected chi connectivity index (χ2v) is 4.42. The molecular formula is C12H21N5. The fourth-order valence-electron chi connectivity index (χ4n) is 2.23. The van der Waals surface area contributed by atoms with E-state index in [1.165, 1.54) is 5.56 Å². The standard InChI is InChI=1S/C12H21N5/c1-4-10-11(13-2)14-9-15-12(10)17-7-5-16(3)6-8-17/h9H,4-8H2,1-3H3,(H,13,14,15). The Morgan fingerprint density at radius 3 is 2.53 bits per heavy atom. The molecule has 17 heavy (non-hydrogen) atoms. The van der Waals surface area contributed by atoms with E-state index in [0.717, 1.165) is 44.2 Å². The molecular weight excluding hydrogens is 214 g/mol. The summed E-state index contributed by atoms with van der Waals surface area (Å²) in [6.07, 6.45) is 2.61. The lowest BCUT2D eigenvalue weighted by atomic mass is 10.2. The number of likely N-dealkylation sites (N-methyl/N-ethyl adjacent to an activating group) is 1. The summed E-state index contributed by atoms with van der Waals surface area (Å²) in [5.41, 5.74) is 1.22. The molecule has 0 spiro atoms. The quantitative estimate of drug-likeness (QED) is 0.841. The van der Waals surface area contributed by atoms with Gasteiger partial charge in [0.15, 0.2) is 0 Å². The molecule has 0 aromatic carbocycles. The zero-order valence-corrected chi connectivity index (χ0v) is 10.9. The Kier molecular flexibility index (Phi) is 3.78. The fourth-order valence-corrected chi connectivity index (χ4v) is 2.23. The van der Waals surface area contributed by atoms with Crippen molar-refractivity contribution in [3.05, 3.63) is 11.9 Å². The minimum atomic E-state index is 0.955. The summed E-state index contributed by atoms with van der Waals surface area (Å²) in [4.78, 5) is 13.5. The van der Waals surface area contributed by atoms with E-state index in [9.17, 15) is 0 Å². The van der Waals surface area contributed by atoms with Crippen molar-refractivity contribution >= 4 is 11.6 Å². The molecule has 0 amide bonds. The van der Waals surface area contributed by atoms with Crippen molar-refractivity contribution in [3.8, 4) is 0 Å². The molecule has 5 heteroatoms. The van der Waals surface area contributed by atoms with Crippen LogP contribution in [0.5, 0.6) is 0 Å². The number of nitrogens with one attached hydrogen (secondary N) is 1. The molecule has 5 nitrogen and oxygen atoms in total. The molecule has 2 rings (SSSR count). The van der Waals surface area contributed by atoms with Crippen molar-refractivity contribution in [1.82, 2.24) is 14.9 Å². The molecule has 1 saturated heterocycles. The van der Waals surface area contributed by atoms with E-state index >= 15 is 0 Å². The van der Waals surface area contributed by atoms with E-state index in [2.05, 4.69) is 39.1 Å². The minimum absolute atomic E-state index is 0.955. The second kappa shape index (κ2) is 5.31. The van der Waals surface area contributed by atoms with Gasteiger partial charge in [0.1, 0.15) is 18.0 Å². The summed E-state index contributed by atoms with van der Waals surface area (Å²) in [6.45, 7) is 6.44. The van der Waals surface area contributed by atoms with E-state index in [1.807, 2.05) is 7.05 Å². The Morgan fingerprint density at radius 2 is 1.94 bits per heavy atom. The number of aromatic nitrogens is 2. The summed E-state index contributed by atoms with van der Waals surface area (Å²) < 4.78 is 0. The molecule has 0 saturated carbocycles. The van der Waals surface area contributed by atoms with Crippen molar-refractivity contribution in [2.24, 2.45) is 0 Å².